The molecule has 19 heavy (non-hydrogen) atoms. The standard InChI is InChI=1S/C14H12N.3CH3.Sn/c1-2-15-13-9-5-3-7-11(13)12-8-4-6-10-14(12)15;;;;/h3,5-10H,2H2,1H3;3*1H3;. The van der Waals surface area contributed by atoms with E-state index in [1.165, 1.54) is 21.8 Å². The Kier molecular flexibility index (Phi) is 3.12. The predicted molar refractivity (Wildman–Crippen MR) is 88.1 cm³/mol. The molecule has 0 atom stereocenters. The summed E-state index contributed by atoms with van der Waals surface area (Å²) in [5, 5.41) is 2.83. The van der Waals surface area contributed by atoms with Gasteiger partial charge in [-0.2, -0.15) is 0 Å². The third-order valence-corrected chi connectivity index (χ3v) is 9.79. The van der Waals surface area contributed by atoms with Crippen LogP contribution in [0.15, 0.2) is 42.5 Å². The Morgan fingerprint density at radius 1 is 0.895 bits per heavy atom. The number of rotatable bonds is 2. The van der Waals surface area contributed by atoms with Crippen LogP contribution in [0.25, 0.3) is 21.8 Å². The molecule has 0 aliphatic heterocycles. The summed E-state index contributed by atoms with van der Waals surface area (Å²) in [5.74, 6) is 0. The molecule has 1 heterocycles. The van der Waals surface area contributed by atoms with Crippen molar-refractivity contribution in [3.05, 3.63) is 42.5 Å². The zero-order chi connectivity index (χ0) is 13.6. The van der Waals surface area contributed by atoms with Gasteiger partial charge >= 0.3 is 119 Å². The van der Waals surface area contributed by atoms with Crippen molar-refractivity contribution in [1.82, 2.24) is 4.57 Å². The fourth-order valence-corrected chi connectivity index (χ4v) is 6.17. The first-order chi connectivity index (χ1) is 9.02. The second kappa shape index (κ2) is 4.55. The summed E-state index contributed by atoms with van der Waals surface area (Å²) in [6.45, 7) is 3.25. The van der Waals surface area contributed by atoms with E-state index in [9.17, 15) is 0 Å². The number of para-hydroxylation sites is 1. The number of hydrogen-bond acceptors (Lipinski definition) is 0. The molecule has 1 nitrogen and oxygen atoms in total. The van der Waals surface area contributed by atoms with Gasteiger partial charge in [-0.3, -0.25) is 0 Å². The molecule has 0 saturated heterocycles. The molecule has 0 saturated carbocycles. The van der Waals surface area contributed by atoms with Crippen LogP contribution in [-0.4, -0.2) is 22.9 Å². The van der Waals surface area contributed by atoms with Crippen molar-refractivity contribution in [2.45, 2.75) is 28.3 Å². The van der Waals surface area contributed by atoms with Crippen LogP contribution < -0.4 is 3.58 Å². The first-order valence-electron chi connectivity index (χ1n) is 7.04. The van der Waals surface area contributed by atoms with Gasteiger partial charge in [-0.05, 0) is 0 Å². The summed E-state index contributed by atoms with van der Waals surface area (Å²) in [6, 6.07) is 15.9. The van der Waals surface area contributed by atoms with Gasteiger partial charge in [-0.25, -0.2) is 0 Å². The molecule has 0 amide bonds. The normalized spacial score (nSPS) is 12.4. The molecule has 0 radical (unpaired) electrons. The van der Waals surface area contributed by atoms with E-state index < -0.39 is 18.4 Å². The van der Waals surface area contributed by atoms with Crippen LogP contribution in [-0.2, 0) is 6.54 Å². The summed E-state index contributed by atoms with van der Waals surface area (Å²) >= 11 is -1.99. The second-order valence-electron chi connectivity index (χ2n) is 6.24. The minimum absolute atomic E-state index is 1.03. The molecule has 1 aromatic heterocycles. The Bertz CT molecular complexity index is 747. The van der Waals surface area contributed by atoms with Gasteiger partial charge in [0.05, 0.1) is 0 Å². The molecular formula is C17H21NSn. The topological polar surface area (TPSA) is 4.93 Å². The Labute approximate surface area is 119 Å². The van der Waals surface area contributed by atoms with Crippen LogP contribution in [0, 0.1) is 0 Å². The monoisotopic (exact) mass is 359 g/mol. The third kappa shape index (κ3) is 2.08. The fraction of sp³-hybridized carbons (Fsp3) is 0.294. The summed E-state index contributed by atoms with van der Waals surface area (Å²) in [6.07, 6.45) is 0. The van der Waals surface area contributed by atoms with E-state index >= 15 is 0 Å². The van der Waals surface area contributed by atoms with E-state index in [0.29, 0.717) is 0 Å². The molecule has 3 rings (SSSR count). The molecular weight excluding hydrogens is 337 g/mol. The van der Waals surface area contributed by atoms with Crippen molar-refractivity contribution >= 4 is 43.8 Å². The Morgan fingerprint density at radius 3 is 2.26 bits per heavy atom. The number of benzene rings is 2. The number of nitrogens with zero attached hydrogens (tertiary/aromatic N) is 1. The van der Waals surface area contributed by atoms with Gasteiger partial charge in [0, 0.05) is 0 Å². The van der Waals surface area contributed by atoms with Crippen molar-refractivity contribution in [1.29, 1.82) is 0 Å². The molecule has 2 heteroatoms. The van der Waals surface area contributed by atoms with E-state index in [4.69, 9.17) is 0 Å². The van der Waals surface area contributed by atoms with Crippen LogP contribution in [0.1, 0.15) is 6.92 Å². The number of aryl methyl sites for hydroxylation is 1. The quantitative estimate of drug-likeness (QED) is 0.600. The van der Waals surface area contributed by atoms with Crippen molar-refractivity contribution in [2.24, 2.45) is 0 Å². The number of aromatic nitrogens is 1. The minimum atomic E-state index is -1.99. The molecule has 98 valence electrons. The zero-order valence-electron chi connectivity index (χ0n) is 12.2. The zero-order valence-corrected chi connectivity index (χ0v) is 15.0. The SMILES string of the molecule is CCn1c2ccccc2c2c[c]([Sn]([CH3])([CH3])[CH3])ccc21. The van der Waals surface area contributed by atoms with E-state index in [-0.39, 0.29) is 0 Å². The van der Waals surface area contributed by atoms with Gasteiger partial charge in [0.25, 0.3) is 0 Å². The van der Waals surface area contributed by atoms with Crippen LogP contribution in [0.2, 0.25) is 14.8 Å². The molecule has 0 aliphatic rings. The maximum absolute atomic E-state index is 2.48. The van der Waals surface area contributed by atoms with Gasteiger partial charge in [-0.15, -0.1) is 0 Å². The molecule has 3 aromatic rings. The molecule has 0 bridgehead atoms. The fourth-order valence-electron chi connectivity index (χ4n) is 2.86. The van der Waals surface area contributed by atoms with Crippen molar-refractivity contribution < 1.29 is 0 Å². The van der Waals surface area contributed by atoms with E-state index in [1.807, 2.05) is 0 Å². The Balaban J connectivity index is 2.43. The first-order valence-corrected chi connectivity index (χ1v) is 17.0. The van der Waals surface area contributed by atoms with Gasteiger partial charge in [-0.1, -0.05) is 0 Å². The van der Waals surface area contributed by atoms with Crippen molar-refractivity contribution in [2.75, 3.05) is 0 Å². The second-order valence-corrected chi connectivity index (χ2v) is 20.7. The van der Waals surface area contributed by atoms with Gasteiger partial charge in [0.2, 0.25) is 0 Å². The summed E-state index contributed by atoms with van der Waals surface area (Å²) in [5.41, 5.74) is 2.74. The molecule has 0 fully saturated rings. The van der Waals surface area contributed by atoms with Crippen LogP contribution in [0.4, 0.5) is 0 Å². The molecule has 0 unspecified atom stereocenters. The molecule has 0 N–H and O–H groups in total. The maximum atomic E-state index is 2.48. The Morgan fingerprint density at radius 2 is 1.58 bits per heavy atom. The van der Waals surface area contributed by atoms with E-state index in [2.05, 4.69) is 68.8 Å². The third-order valence-electron chi connectivity index (χ3n) is 3.95. The van der Waals surface area contributed by atoms with Gasteiger partial charge in [0.15, 0.2) is 0 Å². The average Bonchev–Trinajstić information content (AvgIpc) is 2.70. The number of hydrogen-bond donors (Lipinski definition) is 0. The Hall–Kier alpha value is -0.961. The summed E-state index contributed by atoms with van der Waals surface area (Å²) < 4.78 is 4.04. The molecule has 2 aromatic carbocycles. The van der Waals surface area contributed by atoms with Crippen LogP contribution in [0.5, 0.6) is 0 Å². The molecule has 0 spiro atoms. The van der Waals surface area contributed by atoms with E-state index in [1.54, 1.807) is 3.58 Å². The van der Waals surface area contributed by atoms with Crippen LogP contribution in [0.3, 0.4) is 0 Å². The summed E-state index contributed by atoms with van der Waals surface area (Å²) in [4.78, 5) is 7.44. The average molecular weight is 358 g/mol. The van der Waals surface area contributed by atoms with Crippen molar-refractivity contribution in [3.8, 4) is 0 Å². The van der Waals surface area contributed by atoms with E-state index in [0.717, 1.165) is 6.54 Å². The van der Waals surface area contributed by atoms with Gasteiger partial charge < -0.3 is 0 Å². The molecule has 0 aliphatic carbocycles. The van der Waals surface area contributed by atoms with Crippen molar-refractivity contribution in [3.63, 3.8) is 0 Å². The summed E-state index contributed by atoms with van der Waals surface area (Å²) in [7, 11) is 0. The first kappa shape index (κ1) is 13.0. The number of fused-ring (bicyclic) bond motifs is 3. The predicted octanol–water partition coefficient (Wildman–Crippen LogP) is 4.36. The van der Waals surface area contributed by atoms with Gasteiger partial charge in [0.1, 0.15) is 0 Å². The van der Waals surface area contributed by atoms with Crippen LogP contribution >= 0.6 is 0 Å².